The summed E-state index contributed by atoms with van der Waals surface area (Å²) >= 11 is 0. The van der Waals surface area contributed by atoms with Crippen LogP contribution in [0, 0.1) is 0 Å². The molecular formula is C14H24KNO5. The molecule has 0 aromatic rings. The van der Waals surface area contributed by atoms with Gasteiger partial charge in [0.25, 0.3) is 0 Å². The zero-order valence-corrected chi connectivity index (χ0v) is 16.2. The average Bonchev–Trinajstić information content (AvgIpc) is 2.36. The standard InChI is InChI=1S/C14H25NO5.K/c1-2-3-4-5-6-7-8-9-13(18)20-14(19)11(15)10-12(16)17;/h11H,2-10,15H2,1H3,(H,16,17);/q;+1/p-1/t11-;/m0./s1. The molecule has 6 nitrogen and oxygen atoms in total. The van der Waals surface area contributed by atoms with Crippen LogP contribution in [0.5, 0.6) is 0 Å². The third kappa shape index (κ3) is 14.9. The van der Waals surface area contributed by atoms with Crippen LogP contribution in [0.4, 0.5) is 0 Å². The number of ether oxygens (including phenoxy) is 1. The Hall–Kier alpha value is 0.206. The second kappa shape index (κ2) is 15.1. The van der Waals surface area contributed by atoms with Crippen LogP contribution in [-0.4, -0.2) is 23.9 Å². The Kier molecular flexibility index (Phi) is 16.9. The summed E-state index contributed by atoms with van der Waals surface area (Å²) in [5.74, 6) is -3.12. The molecule has 116 valence electrons. The SMILES string of the molecule is CCCCCCCCCC(=O)OC(=O)[C@@H](N)CC(=O)[O-].[K+]. The van der Waals surface area contributed by atoms with E-state index < -0.39 is 30.4 Å². The predicted molar refractivity (Wildman–Crippen MR) is 71.3 cm³/mol. The van der Waals surface area contributed by atoms with Gasteiger partial charge in [-0.25, -0.2) is 4.79 Å². The number of esters is 2. The van der Waals surface area contributed by atoms with E-state index in [2.05, 4.69) is 11.7 Å². The van der Waals surface area contributed by atoms with Crippen LogP contribution >= 0.6 is 0 Å². The third-order valence-corrected chi connectivity index (χ3v) is 2.89. The van der Waals surface area contributed by atoms with E-state index >= 15 is 0 Å². The molecule has 0 aliphatic heterocycles. The van der Waals surface area contributed by atoms with Crippen LogP contribution in [-0.2, 0) is 19.1 Å². The number of carboxylic acid groups (broad SMARTS) is 1. The minimum absolute atomic E-state index is 0. The topological polar surface area (TPSA) is 110 Å². The van der Waals surface area contributed by atoms with Crippen LogP contribution in [0.1, 0.15) is 64.7 Å². The van der Waals surface area contributed by atoms with Gasteiger partial charge in [0.1, 0.15) is 6.04 Å². The Labute approximate surface area is 168 Å². The van der Waals surface area contributed by atoms with Crippen LogP contribution in [0.3, 0.4) is 0 Å². The molecule has 0 rings (SSSR count). The van der Waals surface area contributed by atoms with E-state index in [4.69, 9.17) is 5.73 Å². The summed E-state index contributed by atoms with van der Waals surface area (Å²) in [7, 11) is 0. The Balaban J connectivity index is 0. The van der Waals surface area contributed by atoms with Gasteiger partial charge in [0.05, 0.1) is 0 Å². The van der Waals surface area contributed by atoms with Gasteiger partial charge in [0, 0.05) is 18.8 Å². The fourth-order valence-corrected chi connectivity index (χ4v) is 1.73. The van der Waals surface area contributed by atoms with E-state index in [1.807, 2.05) is 0 Å². The number of carboxylic acids is 1. The van der Waals surface area contributed by atoms with E-state index in [0.717, 1.165) is 19.3 Å². The van der Waals surface area contributed by atoms with Crippen molar-refractivity contribution in [1.29, 1.82) is 0 Å². The van der Waals surface area contributed by atoms with Crippen molar-refractivity contribution in [3.63, 3.8) is 0 Å². The average molecular weight is 325 g/mol. The molecule has 0 heterocycles. The number of aliphatic carboxylic acids is 1. The van der Waals surface area contributed by atoms with Crippen molar-refractivity contribution < 1.29 is 75.6 Å². The van der Waals surface area contributed by atoms with E-state index in [1.54, 1.807) is 0 Å². The summed E-state index contributed by atoms with van der Waals surface area (Å²) in [5.41, 5.74) is 5.24. The fraction of sp³-hybridized carbons (Fsp3) is 0.786. The Bertz CT molecular complexity index is 322. The molecule has 0 fully saturated rings. The van der Waals surface area contributed by atoms with Crippen LogP contribution < -0.4 is 62.2 Å². The summed E-state index contributed by atoms with van der Waals surface area (Å²) in [6.45, 7) is 2.15. The normalized spacial score (nSPS) is 11.3. The van der Waals surface area contributed by atoms with Gasteiger partial charge >= 0.3 is 63.3 Å². The van der Waals surface area contributed by atoms with E-state index in [1.165, 1.54) is 19.3 Å². The second-order valence-corrected chi connectivity index (χ2v) is 4.85. The van der Waals surface area contributed by atoms with Crippen molar-refractivity contribution in [2.75, 3.05) is 0 Å². The van der Waals surface area contributed by atoms with Gasteiger partial charge in [-0.1, -0.05) is 45.4 Å². The number of hydrogen-bond donors (Lipinski definition) is 1. The first kappa shape index (κ1) is 23.5. The molecule has 0 aromatic carbocycles. The molecule has 0 saturated carbocycles. The number of rotatable bonds is 11. The van der Waals surface area contributed by atoms with Gasteiger partial charge in [-0.05, 0) is 6.42 Å². The van der Waals surface area contributed by atoms with Crippen molar-refractivity contribution >= 4 is 17.9 Å². The van der Waals surface area contributed by atoms with Crippen LogP contribution in [0.15, 0.2) is 0 Å². The smallest absolute Gasteiger partial charge is 0.550 e. The molecule has 0 bridgehead atoms. The molecular weight excluding hydrogens is 301 g/mol. The van der Waals surface area contributed by atoms with Gasteiger partial charge in [-0.15, -0.1) is 0 Å². The molecule has 0 aromatic heterocycles. The van der Waals surface area contributed by atoms with Crippen molar-refractivity contribution in [1.82, 2.24) is 0 Å². The zero-order chi connectivity index (χ0) is 15.4. The molecule has 0 aliphatic rings. The van der Waals surface area contributed by atoms with Crippen molar-refractivity contribution in [3.8, 4) is 0 Å². The van der Waals surface area contributed by atoms with Crippen molar-refractivity contribution in [3.05, 3.63) is 0 Å². The molecule has 0 aliphatic carbocycles. The molecule has 2 N–H and O–H groups in total. The van der Waals surface area contributed by atoms with Crippen LogP contribution in [0.2, 0.25) is 0 Å². The number of carbonyl (C=O) groups is 3. The number of nitrogens with two attached hydrogens (primary N) is 1. The third-order valence-electron chi connectivity index (χ3n) is 2.89. The van der Waals surface area contributed by atoms with E-state index in [-0.39, 0.29) is 57.8 Å². The second-order valence-electron chi connectivity index (χ2n) is 4.85. The fourth-order valence-electron chi connectivity index (χ4n) is 1.73. The molecule has 0 saturated heterocycles. The van der Waals surface area contributed by atoms with Gasteiger partial charge in [-0.3, -0.25) is 4.79 Å². The predicted octanol–water partition coefficient (Wildman–Crippen LogP) is -2.33. The molecule has 21 heavy (non-hydrogen) atoms. The molecule has 0 spiro atoms. The van der Waals surface area contributed by atoms with Gasteiger partial charge < -0.3 is 20.4 Å². The molecule has 1 atom stereocenters. The Morgan fingerprint density at radius 1 is 1.05 bits per heavy atom. The minimum Gasteiger partial charge on any atom is -0.550 e. The number of hydrogen-bond acceptors (Lipinski definition) is 6. The van der Waals surface area contributed by atoms with Gasteiger partial charge in [0.15, 0.2) is 0 Å². The maximum Gasteiger partial charge on any atom is 1.00 e. The first-order valence-electron chi connectivity index (χ1n) is 7.17. The summed E-state index contributed by atoms with van der Waals surface area (Å²) in [5, 5.41) is 10.2. The molecule has 0 unspecified atom stereocenters. The van der Waals surface area contributed by atoms with E-state index in [0.29, 0.717) is 6.42 Å². The number of carbonyl (C=O) groups excluding carboxylic acids is 3. The first-order chi connectivity index (χ1) is 9.47. The summed E-state index contributed by atoms with van der Waals surface area (Å²) in [4.78, 5) is 32.8. The molecule has 0 radical (unpaired) electrons. The largest absolute Gasteiger partial charge is 1.00 e. The van der Waals surface area contributed by atoms with Gasteiger partial charge in [0.2, 0.25) is 0 Å². The summed E-state index contributed by atoms with van der Waals surface area (Å²) in [6.07, 6.45) is 6.92. The van der Waals surface area contributed by atoms with Gasteiger partial charge in [-0.2, -0.15) is 0 Å². The summed E-state index contributed by atoms with van der Waals surface area (Å²) in [6, 6.07) is -1.35. The zero-order valence-electron chi connectivity index (χ0n) is 13.1. The van der Waals surface area contributed by atoms with E-state index in [9.17, 15) is 19.5 Å². The van der Waals surface area contributed by atoms with Crippen molar-refractivity contribution in [2.45, 2.75) is 70.8 Å². The Morgan fingerprint density at radius 2 is 1.57 bits per heavy atom. The maximum absolute atomic E-state index is 11.3. The molecule has 7 heteroatoms. The minimum atomic E-state index is -1.45. The van der Waals surface area contributed by atoms with Crippen LogP contribution in [0.25, 0.3) is 0 Å². The number of unbranched alkanes of at least 4 members (excludes halogenated alkanes) is 6. The quantitative estimate of drug-likeness (QED) is 0.197. The van der Waals surface area contributed by atoms with Crippen molar-refractivity contribution in [2.24, 2.45) is 5.73 Å². The summed E-state index contributed by atoms with van der Waals surface area (Å²) < 4.78 is 4.46. The Morgan fingerprint density at radius 3 is 2.10 bits per heavy atom. The molecule has 0 amide bonds. The maximum atomic E-state index is 11.3. The first-order valence-corrected chi connectivity index (χ1v) is 7.17. The monoisotopic (exact) mass is 325 g/mol.